The van der Waals surface area contributed by atoms with Crippen LogP contribution in [0.25, 0.3) is 11.5 Å². The summed E-state index contributed by atoms with van der Waals surface area (Å²) >= 11 is 0. The maximum atomic E-state index is 13.8. The number of pyridine rings is 2. The molecule has 3 aromatic heterocycles. The van der Waals surface area contributed by atoms with E-state index in [1.807, 2.05) is 37.9 Å². The average molecular weight is 519 g/mol. The van der Waals surface area contributed by atoms with Crippen LogP contribution in [0.5, 0.6) is 0 Å². The highest BCUT2D eigenvalue weighted by Crippen LogP contribution is 2.38. The lowest BCUT2D eigenvalue weighted by Crippen LogP contribution is -2.42. The lowest BCUT2D eigenvalue weighted by atomic mass is 9.93. The molecule has 3 aromatic rings. The van der Waals surface area contributed by atoms with E-state index in [1.54, 1.807) is 30.9 Å². The minimum Gasteiger partial charge on any atom is -0.465 e. The first-order valence-electron chi connectivity index (χ1n) is 12.8. The summed E-state index contributed by atoms with van der Waals surface area (Å²) in [4.78, 5) is 38.7. The van der Waals surface area contributed by atoms with Gasteiger partial charge in [0.25, 0.3) is 5.91 Å². The molecule has 0 atom stereocenters. The van der Waals surface area contributed by atoms with Crippen molar-refractivity contribution in [3.63, 3.8) is 0 Å². The average Bonchev–Trinajstić information content (AvgIpc) is 3.51. The first-order valence-corrected chi connectivity index (χ1v) is 12.8. The van der Waals surface area contributed by atoms with Crippen LogP contribution in [0.4, 0.5) is 16.4 Å². The number of hydrogen-bond donors (Lipinski definition) is 2. The predicted molar refractivity (Wildman–Crippen MR) is 143 cm³/mol. The summed E-state index contributed by atoms with van der Waals surface area (Å²) in [5.41, 5.74) is 1.20. The van der Waals surface area contributed by atoms with E-state index in [1.165, 1.54) is 0 Å². The number of carboxylic acid groups (broad SMARTS) is 1. The van der Waals surface area contributed by atoms with E-state index in [-0.39, 0.29) is 24.0 Å². The SMILES string of the molecule is CC(C)N(C)c1cc2c(c(C(C)(C)NC(=O)O)n1)CN(c1cccc(-c3nnc4n3C(C)(C)CC4)n1)C2=O. The Hall–Kier alpha value is -4.02. The second-order valence-corrected chi connectivity index (χ2v) is 11.5. The molecule has 0 radical (unpaired) electrons. The highest BCUT2D eigenvalue weighted by molar-refractivity contribution is 6.10. The predicted octanol–water partition coefficient (Wildman–Crippen LogP) is 3.92. The molecule has 2 amide bonds. The van der Waals surface area contributed by atoms with Gasteiger partial charge < -0.3 is 19.9 Å². The van der Waals surface area contributed by atoms with E-state index in [0.29, 0.717) is 40.0 Å². The fourth-order valence-corrected chi connectivity index (χ4v) is 5.27. The van der Waals surface area contributed by atoms with E-state index in [2.05, 4.69) is 33.9 Å². The van der Waals surface area contributed by atoms with Gasteiger partial charge in [-0.15, -0.1) is 10.2 Å². The van der Waals surface area contributed by atoms with Crippen molar-refractivity contribution in [1.29, 1.82) is 0 Å². The highest BCUT2D eigenvalue weighted by Gasteiger charge is 2.39. The van der Waals surface area contributed by atoms with Crippen molar-refractivity contribution in [2.24, 2.45) is 0 Å². The molecule has 0 unspecified atom stereocenters. The van der Waals surface area contributed by atoms with Gasteiger partial charge >= 0.3 is 6.09 Å². The molecule has 11 nitrogen and oxygen atoms in total. The van der Waals surface area contributed by atoms with Gasteiger partial charge in [-0.1, -0.05) is 6.07 Å². The van der Waals surface area contributed by atoms with Gasteiger partial charge in [0.15, 0.2) is 5.82 Å². The summed E-state index contributed by atoms with van der Waals surface area (Å²) in [6.45, 7) is 12.1. The fraction of sp³-hybridized carbons (Fsp3) is 0.481. The van der Waals surface area contributed by atoms with Gasteiger partial charge in [-0.2, -0.15) is 0 Å². The Bertz CT molecular complexity index is 1440. The Kier molecular flexibility index (Phi) is 5.92. The molecule has 0 aromatic carbocycles. The number of carbonyl (C=O) groups is 2. The van der Waals surface area contributed by atoms with Crippen molar-refractivity contribution < 1.29 is 14.7 Å². The lowest BCUT2D eigenvalue weighted by Gasteiger charge is -2.29. The summed E-state index contributed by atoms with van der Waals surface area (Å²) < 4.78 is 2.13. The van der Waals surface area contributed by atoms with Gasteiger partial charge in [-0.05, 0) is 66.2 Å². The van der Waals surface area contributed by atoms with Gasteiger partial charge in [-0.3, -0.25) is 9.69 Å². The number of amides is 2. The summed E-state index contributed by atoms with van der Waals surface area (Å²) in [7, 11) is 1.90. The van der Waals surface area contributed by atoms with Crippen LogP contribution in [-0.4, -0.2) is 54.9 Å². The van der Waals surface area contributed by atoms with Gasteiger partial charge in [-0.25, -0.2) is 14.8 Å². The zero-order valence-electron chi connectivity index (χ0n) is 22.9. The van der Waals surface area contributed by atoms with Crippen LogP contribution in [0.1, 0.15) is 75.4 Å². The zero-order chi connectivity index (χ0) is 27.6. The first kappa shape index (κ1) is 25.6. The third-order valence-corrected chi connectivity index (χ3v) is 7.59. The van der Waals surface area contributed by atoms with E-state index >= 15 is 0 Å². The smallest absolute Gasteiger partial charge is 0.405 e. The van der Waals surface area contributed by atoms with Crippen LogP contribution in [0.15, 0.2) is 24.3 Å². The quantitative estimate of drug-likeness (QED) is 0.502. The Morgan fingerprint density at radius 3 is 2.63 bits per heavy atom. The van der Waals surface area contributed by atoms with Crippen LogP contribution in [0.3, 0.4) is 0 Å². The zero-order valence-corrected chi connectivity index (χ0v) is 22.9. The summed E-state index contributed by atoms with van der Waals surface area (Å²) in [6, 6.07) is 7.46. The molecule has 5 rings (SSSR count). The molecule has 2 N–H and O–H groups in total. The van der Waals surface area contributed by atoms with Crippen LogP contribution < -0.4 is 15.1 Å². The van der Waals surface area contributed by atoms with E-state index in [0.717, 1.165) is 18.7 Å². The Morgan fingerprint density at radius 2 is 1.95 bits per heavy atom. The first-order chi connectivity index (χ1) is 17.8. The summed E-state index contributed by atoms with van der Waals surface area (Å²) in [6.07, 6.45) is 0.684. The number of aromatic nitrogens is 5. The van der Waals surface area contributed by atoms with Gasteiger partial charge in [0.05, 0.1) is 23.3 Å². The van der Waals surface area contributed by atoms with Crippen LogP contribution in [0.2, 0.25) is 0 Å². The van der Waals surface area contributed by atoms with Crippen molar-refractivity contribution in [3.8, 4) is 11.5 Å². The minimum atomic E-state index is -1.16. The number of carbonyl (C=O) groups excluding carboxylic acids is 1. The lowest BCUT2D eigenvalue weighted by molar-refractivity contribution is 0.0996. The molecule has 11 heteroatoms. The molecule has 38 heavy (non-hydrogen) atoms. The normalized spacial score (nSPS) is 16.1. The van der Waals surface area contributed by atoms with Crippen molar-refractivity contribution in [2.45, 2.75) is 78.0 Å². The van der Waals surface area contributed by atoms with Crippen molar-refractivity contribution >= 4 is 23.6 Å². The number of hydrogen-bond acceptors (Lipinski definition) is 7. The molecule has 0 spiro atoms. The summed E-state index contributed by atoms with van der Waals surface area (Å²) in [5, 5.41) is 20.8. The molecular weight excluding hydrogens is 484 g/mol. The molecule has 5 heterocycles. The molecule has 200 valence electrons. The van der Waals surface area contributed by atoms with Crippen molar-refractivity contribution in [1.82, 2.24) is 30.0 Å². The second kappa shape index (κ2) is 8.78. The third kappa shape index (κ3) is 4.15. The molecule has 0 aliphatic carbocycles. The molecular formula is C27H34N8O3. The van der Waals surface area contributed by atoms with Crippen molar-refractivity contribution in [3.05, 3.63) is 46.9 Å². The number of aryl methyl sites for hydroxylation is 1. The summed E-state index contributed by atoms with van der Waals surface area (Å²) in [5.74, 6) is 2.51. The Balaban J connectivity index is 1.57. The van der Waals surface area contributed by atoms with Gasteiger partial charge in [0.2, 0.25) is 0 Å². The third-order valence-electron chi connectivity index (χ3n) is 7.59. The van der Waals surface area contributed by atoms with Crippen LogP contribution in [-0.2, 0) is 24.0 Å². The fourth-order valence-electron chi connectivity index (χ4n) is 5.27. The van der Waals surface area contributed by atoms with Gasteiger partial charge in [0.1, 0.15) is 23.2 Å². The van der Waals surface area contributed by atoms with E-state index < -0.39 is 11.6 Å². The second-order valence-electron chi connectivity index (χ2n) is 11.5. The largest absolute Gasteiger partial charge is 0.465 e. The van der Waals surface area contributed by atoms with Crippen LogP contribution in [0, 0.1) is 0 Å². The maximum absolute atomic E-state index is 13.8. The Morgan fingerprint density at radius 1 is 1.21 bits per heavy atom. The number of fused-ring (bicyclic) bond motifs is 2. The van der Waals surface area contributed by atoms with Crippen LogP contribution >= 0.6 is 0 Å². The molecule has 0 fully saturated rings. The monoisotopic (exact) mass is 518 g/mol. The maximum Gasteiger partial charge on any atom is 0.405 e. The molecule has 0 saturated heterocycles. The highest BCUT2D eigenvalue weighted by atomic mass is 16.4. The molecule has 0 bridgehead atoms. The Labute approximate surface area is 221 Å². The molecule has 2 aliphatic heterocycles. The van der Waals surface area contributed by atoms with Gasteiger partial charge in [0, 0.05) is 30.6 Å². The standard InChI is InChI=1S/C27H34N8O3/c1-15(2)33(7)21-13-16-17(22(29-21)27(5,6)30-25(37)38)14-34(24(16)36)19-10-8-9-18(28-19)23-32-31-20-11-12-26(3,4)35(20)23/h8-10,13,15,30H,11-12,14H2,1-7H3,(H,37,38). The van der Waals surface area contributed by atoms with E-state index in [4.69, 9.17) is 9.97 Å². The van der Waals surface area contributed by atoms with Crippen molar-refractivity contribution in [2.75, 3.05) is 16.8 Å². The number of nitrogens with one attached hydrogen (secondary N) is 1. The number of nitrogens with zero attached hydrogens (tertiary/aromatic N) is 7. The number of anilines is 2. The minimum absolute atomic E-state index is 0.117. The molecule has 0 saturated carbocycles. The molecule has 2 aliphatic rings. The topological polar surface area (TPSA) is 129 Å². The number of rotatable bonds is 6. The van der Waals surface area contributed by atoms with E-state index in [9.17, 15) is 14.7 Å².